The van der Waals surface area contributed by atoms with Crippen LogP contribution >= 0.6 is 0 Å². The number of rotatable bonds is 4. The zero-order valence-electron chi connectivity index (χ0n) is 13.4. The highest BCUT2D eigenvalue weighted by molar-refractivity contribution is 6.07. The number of carbonyl (C=O) groups is 2. The van der Waals surface area contributed by atoms with Crippen LogP contribution in [0.4, 0.5) is 4.79 Å². The van der Waals surface area contributed by atoms with Crippen LogP contribution in [0.2, 0.25) is 0 Å². The number of nitrogens with one attached hydrogen (secondary N) is 2. The number of H-pyrrole nitrogens is 1. The number of amides is 3. The second-order valence-corrected chi connectivity index (χ2v) is 6.63. The van der Waals surface area contributed by atoms with Gasteiger partial charge in [0.25, 0.3) is 5.91 Å². The van der Waals surface area contributed by atoms with Gasteiger partial charge in [0.2, 0.25) is 0 Å². The summed E-state index contributed by atoms with van der Waals surface area (Å²) in [6.45, 7) is 0.797. The maximum atomic E-state index is 12.6. The first kappa shape index (κ1) is 15.0. The number of aryl methyl sites for hydroxylation is 1. The molecule has 2 aliphatic rings. The van der Waals surface area contributed by atoms with E-state index in [9.17, 15) is 14.4 Å². The van der Waals surface area contributed by atoms with E-state index in [-0.39, 0.29) is 17.6 Å². The van der Waals surface area contributed by atoms with E-state index < -0.39 is 5.54 Å². The molecular formula is C17H20N4O3. The Morgan fingerprint density at radius 2 is 1.79 bits per heavy atom. The zero-order chi connectivity index (χ0) is 16.7. The Hall–Kier alpha value is -2.57. The molecule has 2 N–H and O–H groups in total. The Morgan fingerprint density at radius 1 is 1.04 bits per heavy atom. The van der Waals surface area contributed by atoms with E-state index >= 15 is 0 Å². The molecule has 0 bridgehead atoms. The second kappa shape index (κ2) is 5.51. The summed E-state index contributed by atoms with van der Waals surface area (Å²) in [7, 11) is 0. The highest BCUT2D eigenvalue weighted by Crippen LogP contribution is 2.35. The zero-order valence-corrected chi connectivity index (χ0v) is 13.4. The molecule has 0 unspecified atom stereocenters. The Labute approximate surface area is 138 Å². The van der Waals surface area contributed by atoms with Crippen LogP contribution in [0.5, 0.6) is 0 Å². The van der Waals surface area contributed by atoms with Crippen LogP contribution in [-0.4, -0.2) is 38.5 Å². The number of imide groups is 1. The van der Waals surface area contributed by atoms with Crippen LogP contribution in [0.25, 0.3) is 11.0 Å². The molecule has 1 spiro atoms. The molecule has 1 aliphatic carbocycles. The Kier molecular flexibility index (Phi) is 3.44. The van der Waals surface area contributed by atoms with Gasteiger partial charge >= 0.3 is 11.7 Å². The van der Waals surface area contributed by atoms with Crippen molar-refractivity contribution in [2.45, 2.75) is 44.2 Å². The van der Waals surface area contributed by atoms with Crippen LogP contribution in [0.3, 0.4) is 0 Å². The average Bonchev–Trinajstić information content (AvgIpc) is 3.21. The van der Waals surface area contributed by atoms with Gasteiger partial charge < -0.3 is 10.3 Å². The third-order valence-electron chi connectivity index (χ3n) is 5.15. The number of fused-ring (bicyclic) bond motifs is 1. The van der Waals surface area contributed by atoms with Crippen molar-refractivity contribution in [2.75, 3.05) is 6.54 Å². The topological polar surface area (TPSA) is 87.2 Å². The van der Waals surface area contributed by atoms with Crippen LogP contribution in [0.15, 0.2) is 29.1 Å². The Bertz CT molecular complexity index is 860. The highest BCUT2D eigenvalue weighted by atomic mass is 16.2. The molecule has 2 aromatic rings. The van der Waals surface area contributed by atoms with Crippen LogP contribution < -0.4 is 11.0 Å². The van der Waals surface area contributed by atoms with Gasteiger partial charge in [-0.25, -0.2) is 9.59 Å². The van der Waals surface area contributed by atoms with E-state index in [1.54, 1.807) is 4.57 Å². The molecule has 126 valence electrons. The van der Waals surface area contributed by atoms with Gasteiger partial charge in [0.05, 0.1) is 11.0 Å². The molecule has 1 aliphatic heterocycles. The van der Waals surface area contributed by atoms with Crippen molar-refractivity contribution in [3.8, 4) is 0 Å². The number of nitrogens with zero attached hydrogens (tertiary/aromatic N) is 2. The Balaban J connectivity index is 1.46. The highest BCUT2D eigenvalue weighted by Gasteiger charge is 2.51. The van der Waals surface area contributed by atoms with Crippen LogP contribution in [-0.2, 0) is 11.3 Å². The molecule has 2 fully saturated rings. The summed E-state index contributed by atoms with van der Waals surface area (Å²) in [6, 6.07) is 7.20. The maximum Gasteiger partial charge on any atom is 0.326 e. The number of hydrogen-bond acceptors (Lipinski definition) is 3. The molecule has 2 heterocycles. The summed E-state index contributed by atoms with van der Waals surface area (Å²) in [4.78, 5) is 40.9. The lowest BCUT2D eigenvalue weighted by molar-refractivity contribution is -0.131. The number of hydrogen-bond donors (Lipinski definition) is 2. The average molecular weight is 328 g/mol. The molecule has 3 amide bonds. The van der Waals surface area contributed by atoms with Gasteiger partial charge in [-0.1, -0.05) is 25.0 Å². The Morgan fingerprint density at radius 3 is 2.58 bits per heavy atom. The minimum absolute atomic E-state index is 0.101. The van der Waals surface area contributed by atoms with Gasteiger partial charge in [0, 0.05) is 13.1 Å². The summed E-state index contributed by atoms with van der Waals surface area (Å²) in [5, 5.41) is 2.88. The van der Waals surface area contributed by atoms with Gasteiger partial charge in [0.1, 0.15) is 5.54 Å². The predicted octanol–water partition coefficient (Wildman–Crippen LogP) is 1.58. The van der Waals surface area contributed by atoms with Gasteiger partial charge in [-0.2, -0.15) is 0 Å². The summed E-state index contributed by atoms with van der Waals surface area (Å²) < 4.78 is 1.65. The van der Waals surface area contributed by atoms with Gasteiger partial charge in [-0.3, -0.25) is 14.3 Å². The van der Waals surface area contributed by atoms with Gasteiger partial charge in [-0.05, 0) is 31.4 Å². The lowest BCUT2D eigenvalue weighted by Crippen LogP contribution is -2.44. The molecule has 4 rings (SSSR count). The number of imidazole rings is 1. The molecule has 1 aromatic heterocycles. The van der Waals surface area contributed by atoms with Crippen LogP contribution in [0.1, 0.15) is 32.1 Å². The largest absolute Gasteiger partial charge is 0.326 e. The fourth-order valence-electron chi connectivity index (χ4n) is 3.91. The summed E-state index contributed by atoms with van der Waals surface area (Å²) in [5.41, 5.74) is 0.810. The number of urea groups is 1. The minimum Gasteiger partial charge on any atom is -0.323 e. The van der Waals surface area contributed by atoms with Crippen molar-refractivity contribution < 1.29 is 9.59 Å². The third kappa shape index (κ3) is 2.23. The molecule has 1 saturated heterocycles. The number of carbonyl (C=O) groups excluding carboxylic acids is 2. The standard InChI is InChI=1S/C17H20N4O3/c22-14-17(8-3-4-9-17)19-16(24)21(14)11-5-10-20-13-7-2-1-6-12(13)18-15(20)23/h1-2,6-7H,3-5,8-11H2,(H,18,23)(H,19,24). The summed E-state index contributed by atoms with van der Waals surface area (Å²) >= 11 is 0. The van der Waals surface area contributed by atoms with Crippen molar-refractivity contribution in [1.29, 1.82) is 0 Å². The first-order chi connectivity index (χ1) is 11.6. The summed E-state index contributed by atoms with van der Waals surface area (Å²) in [6.07, 6.45) is 3.97. The quantitative estimate of drug-likeness (QED) is 0.836. The lowest BCUT2D eigenvalue weighted by atomic mass is 9.98. The molecule has 24 heavy (non-hydrogen) atoms. The molecule has 7 heteroatoms. The smallest absolute Gasteiger partial charge is 0.323 e. The lowest BCUT2D eigenvalue weighted by Gasteiger charge is -2.20. The van der Waals surface area contributed by atoms with Crippen LogP contribution in [0, 0.1) is 0 Å². The summed E-state index contributed by atoms with van der Waals surface area (Å²) in [5.74, 6) is -0.101. The van der Waals surface area contributed by atoms with Crippen molar-refractivity contribution >= 4 is 23.0 Å². The SMILES string of the molecule is O=C1NC2(CCCC2)C(=O)N1CCCn1c(=O)[nH]c2ccccc21. The molecule has 0 atom stereocenters. The number of para-hydroxylation sites is 2. The monoisotopic (exact) mass is 328 g/mol. The second-order valence-electron chi connectivity index (χ2n) is 6.63. The van der Waals surface area contributed by atoms with Gasteiger partial charge in [0.15, 0.2) is 0 Å². The first-order valence-corrected chi connectivity index (χ1v) is 8.42. The van der Waals surface area contributed by atoms with E-state index in [4.69, 9.17) is 0 Å². The van der Waals surface area contributed by atoms with Gasteiger partial charge in [-0.15, -0.1) is 0 Å². The van der Waals surface area contributed by atoms with Crippen molar-refractivity contribution in [3.05, 3.63) is 34.7 Å². The fourth-order valence-corrected chi connectivity index (χ4v) is 3.91. The first-order valence-electron chi connectivity index (χ1n) is 8.42. The molecular weight excluding hydrogens is 308 g/mol. The molecule has 0 radical (unpaired) electrons. The molecule has 1 saturated carbocycles. The van der Waals surface area contributed by atoms with E-state index in [1.807, 2.05) is 24.3 Å². The van der Waals surface area contributed by atoms with Crippen molar-refractivity contribution in [1.82, 2.24) is 19.8 Å². The van der Waals surface area contributed by atoms with E-state index in [0.717, 1.165) is 36.7 Å². The minimum atomic E-state index is -0.658. The number of aromatic amines is 1. The molecule has 7 nitrogen and oxygen atoms in total. The number of aromatic nitrogens is 2. The fraction of sp³-hybridized carbons (Fsp3) is 0.471. The van der Waals surface area contributed by atoms with Crippen molar-refractivity contribution in [3.63, 3.8) is 0 Å². The van der Waals surface area contributed by atoms with Crippen molar-refractivity contribution in [2.24, 2.45) is 0 Å². The maximum absolute atomic E-state index is 12.6. The van der Waals surface area contributed by atoms with E-state index in [2.05, 4.69) is 10.3 Å². The third-order valence-corrected chi connectivity index (χ3v) is 5.15. The normalized spacial score (nSPS) is 19.6. The molecule has 1 aromatic carbocycles. The predicted molar refractivity (Wildman–Crippen MR) is 88.6 cm³/mol. The van der Waals surface area contributed by atoms with E-state index in [0.29, 0.717) is 19.5 Å². The van der Waals surface area contributed by atoms with E-state index in [1.165, 1.54) is 4.90 Å². The number of benzene rings is 1.